The largest absolute Gasteiger partial charge is 0.471 e. The lowest BCUT2D eigenvalue weighted by molar-refractivity contribution is -0.156. The van der Waals surface area contributed by atoms with E-state index in [0.717, 1.165) is 6.42 Å². The van der Waals surface area contributed by atoms with Crippen LogP contribution in [-0.2, 0) is 19.0 Å². The lowest BCUT2D eigenvalue weighted by Crippen LogP contribution is -2.27. The van der Waals surface area contributed by atoms with Crippen LogP contribution in [0.25, 0.3) is 0 Å². The molecule has 0 atom stereocenters. The van der Waals surface area contributed by atoms with Crippen molar-refractivity contribution in [3.05, 3.63) is 12.3 Å². The minimum Gasteiger partial charge on any atom is -0.471 e. The molecule has 0 aliphatic rings. The summed E-state index contributed by atoms with van der Waals surface area (Å²) >= 11 is 5.45. The maximum Gasteiger partial charge on any atom is 0.311 e. The van der Waals surface area contributed by atoms with Crippen LogP contribution in [0.3, 0.4) is 0 Å². The highest BCUT2D eigenvalue weighted by Crippen LogP contribution is 2.21. The molecular formula is C12H21ClO4. The molecule has 0 heterocycles. The van der Waals surface area contributed by atoms with E-state index in [1.54, 1.807) is 0 Å². The van der Waals surface area contributed by atoms with Gasteiger partial charge in [-0.25, -0.2) is 0 Å². The molecule has 0 bridgehead atoms. The Morgan fingerprint density at radius 2 is 1.94 bits per heavy atom. The lowest BCUT2D eigenvalue weighted by Gasteiger charge is -2.20. The SMILES string of the molecule is C=C(CCl)OCOCCOC(=O)C(C)(C)CC. The van der Waals surface area contributed by atoms with Crippen molar-refractivity contribution in [3.8, 4) is 0 Å². The third-order valence-corrected chi connectivity index (χ3v) is 2.69. The summed E-state index contributed by atoms with van der Waals surface area (Å²) in [5.74, 6) is 0.480. The van der Waals surface area contributed by atoms with E-state index in [0.29, 0.717) is 12.4 Å². The molecule has 0 spiro atoms. The molecule has 5 heteroatoms. The maximum atomic E-state index is 11.5. The number of halogens is 1. The number of esters is 1. The van der Waals surface area contributed by atoms with Crippen molar-refractivity contribution in [2.24, 2.45) is 5.41 Å². The van der Waals surface area contributed by atoms with E-state index >= 15 is 0 Å². The van der Waals surface area contributed by atoms with Crippen LogP contribution >= 0.6 is 11.6 Å². The van der Waals surface area contributed by atoms with E-state index < -0.39 is 5.41 Å². The van der Waals surface area contributed by atoms with Crippen molar-refractivity contribution in [2.75, 3.05) is 25.9 Å². The first-order valence-electron chi connectivity index (χ1n) is 5.55. The Hall–Kier alpha value is -0.740. The summed E-state index contributed by atoms with van der Waals surface area (Å²) in [6.45, 7) is 9.78. The van der Waals surface area contributed by atoms with E-state index in [9.17, 15) is 4.79 Å². The first kappa shape index (κ1) is 16.3. The number of hydrogen-bond acceptors (Lipinski definition) is 4. The molecule has 0 N–H and O–H groups in total. The average Bonchev–Trinajstić information content (AvgIpc) is 2.32. The van der Waals surface area contributed by atoms with Crippen LogP contribution in [-0.4, -0.2) is 31.9 Å². The predicted molar refractivity (Wildman–Crippen MR) is 66.8 cm³/mol. The third kappa shape index (κ3) is 7.23. The molecule has 0 saturated heterocycles. The number of hydrogen-bond donors (Lipinski definition) is 0. The van der Waals surface area contributed by atoms with Gasteiger partial charge < -0.3 is 14.2 Å². The van der Waals surface area contributed by atoms with Crippen LogP contribution in [0, 0.1) is 5.41 Å². The number of alkyl halides is 1. The van der Waals surface area contributed by atoms with Gasteiger partial charge in [0, 0.05) is 0 Å². The van der Waals surface area contributed by atoms with Crippen LogP contribution in [0.4, 0.5) is 0 Å². The molecular weight excluding hydrogens is 244 g/mol. The van der Waals surface area contributed by atoms with E-state index in [1.165, 1.54) is 0 Å². The zero-order chi connectivity index (χ0) is 13.3. The molecule has 0 aliphatic heterocycles. The zero-order valence-electron chi connectivity index (χ0n) is 10.8. The van der Waals surface area contributed by atoms with Crippen LogP contribution in [0.1, 0.15) is 27.2 Å². The maximum absolute atomic E-state index is 11.5. The molecule has 0 amide bonds. The van der Waals surface area contributed by atoms with Crippen LogP contribution in [0.2, 0.25) is 0 Å². The molecule has 0 rings (SSSR count). The van der Waals surface area contributed by atoms with E-state index in [2.05, 4.69) is 6.58 Å². The molecule has 0 aromatic carbocycles. The number of carbonyl (C=O) groups excluding carboxylic acids is 1. The van der Waals surface area contributed by atoms with Gasteiger partial charge in [-0.3, -0.25) is 4.79 Å². The third-order valence-electron chi connectivity index (χ3n) is 2.39. The lowest BCUT2D eigenvalue weighted by atomic mass is 9.91. The number of allylic oxidation sites excluding steroid dienone is 1. The van der Waals surface area contributed by atoms with Crippen molar-refractivity contribution in [1.29, 1.82) is 0 Å². The summed E-state index contributed by atoms with van der Waals surface area (Å²) in [4.78, 5) is 11.5. The summed E-state index contributed by atoms with van der Waals surface area (Å²) in [6, 6.07) is 0. The fourth-order valence-electron chi connectivity index (χ4n) is 0.755. The highest BCUT2D eigenvalue weighted by Gasteiger charge is 2.26. The topological polar surface area (TPSA) is 44.8 Å². The molecule has 4 nitrogen and oxygen atoms in total. The Labute approximate surface area is 108 Å². The standard InChI is InChI=1S/C12H21ClO4/c1-5-12(3,4)11(14)16-7-6-15-9-17-10(2)8-13/h2,5-9H2,1,3-4H3. The van der Waals surface area contributed by atoms with Gasteiger partial charge in [-0.15, -0.1) is 11.6 Å². The van der Waals surface area contributed by atoms with Gasteiger partial charge in [0.2, 0.25) is 0 Å². The summed E-state index contributed by atoms with van der Waals surface area (Å²) < 4.78 is 15.1. The molecule has 0 radical (unpaired) electrons. The molecule has 0 aliphatic carbocycles. The molecule has 0 aromatic heterocycles. The average molecular weight is 265 g/mol. The van der Waals surface area contributed by atoms with Crippen molar-refractivity contribution < 1.29 is 19.0 Å². The van der Waals surface area contributed by atoms with Gasteiger partial charge in [-0.2, -0.15) is 0 Å². The first-order valence-corrected chi connectivity index (χ1v) is 6.09. The minimum absolute atomic E-state index is 0.0697. The van der Waals surface area contributed by atoms with Crippen LogP contribution in [0.5, 0.6) is 0 Å². The van der Waals surface area contributed by atoms with Gasteiger partial charge >= 0.3 is 5.97 Å². The van der Waals surface area contributed by atoms with Gasteiger partial charge in [0.05, 0.1) is 17.9 Å². The second kappa shape index (κ2) is 8.37. The Balaban J connectivity index is 3.52. The summed E-state index contributed by atoms with van der Waals surface area (Å²) in [5.41, 5.74) is -0.441. The first-order chi connectivity index (χ1) is 7.94. The molecule has 17 heavy (non-hydrogen) atoms. The number of rotatable bonds is 9. The zero-order valence-corrected chi connectivity index (χ0v) is 11.5. The Morgan fingerprint density at radius 1 is 1.29 bits per heavy atom. The van der Waals surface area contributed by atoms with Gasteiger partial charge in [0.1, 0.15) is 12.4 Å². The monoisotopic (exact) mass is 264 g/mol. The molecule has 0 unspecified atom stereocenters. The van der Waals surface area contributed by atoms with Gasteiger partial charge in [-0.1, -0.05) is 13.5 Å². The Morgan fingerprint density at radius 3 is 2.47 bits per heavy atom. The molecule has 0 aromatic rings. The Kier molecular flexibility index (Phi) is 8.00. The number of ether oxygens (including phenoxy) is 3. The van der Waals surface area contributed by atoms with Crippen molar-refractivity contribution in [3.63, 3.8) is 0 Å². The van der Waals surface area contributed by atoms with Crippen molar-refractivity contribution in [2.45, 2.75) is 27.2 Å². The minimum atomic E-state index is -0.441. The second-order valence-electron chi connectivity index (χ2n) is 4.22. The van der Waals surface area contributed by atoms with Gasteiger partial charge in [0.15, 0.2) is 6.79 Å². The van der Waals surface area contributed by atoms with Crippen LogP contribution < -0.4 is 0 Å². The summed E-state index contributed by atoms with van der Waals surface area (Å²) in [5, 5.41) is 0. The van der Waals surface area contributed by atoms with E-state index in [-0.39, 0.29) is 25.2 Å². The van der Waals surface area contributed by atoms with Crippen molar-refractivity contribution in [1.82, 2.24) is 0 Å². The quantitative estimate of drug-likeness (QED) is 0.211. The fourth-order valence-corrected chi connectivity index (χ4v) is 0.833. The molecule has 100 valence electrons. The smallest absolute Gasteiger partial charge is 0.311 e. The highest BCUT2D eigenvalue weighted by atomic mass is 35.5. The summed E-state index contributed by atoms with van der Waals surface area (Å²) in [6.07, 6.45) is 0.741. The number of carbonyl (C=O) groups is 1. The molecule has 0 saturated carbocycles. The predicted octanol–water partition coefficient (Wildman–Crippen LogP) is 2.71. The highest BCUT2D eigenvalue weighted by molar-refractivity contribution is 6.19. The molecule has 0 fully saturated rings. The van der Waals surface area contributed by atoms with Gasteiger partial charge in [-0.05, 0) is 20.3 Å². The fraction of sp³-hybridized carbons (Fsp3) is 0.750. The second-order valence-corrected chi connectivity index (χ2v) is 4.48. The van der Waals surface area contributed by atoms with E-state index in [4.69, 9.17) is 25.8 Å². The van der Waals surface area contributed by atoms with E-state index in [1.807, 2.05) is 20.8 Å². The summed E-state index contributed by atoms with van der Waals surface area (Å²) in [7, 11) is 0. The van der Waals surface area contributed by atoms with Gasteiger partial charge in [0.25, 0.3) is 0 Å². The Bertz CT molecular complexity index is 251. The van der Waals surface area contributed by atoms with Crippen molar-refractivity contribution >= 4 is 17.6 Å². The normalized spacial score (nSPS) is 11.1. The van der Waals surface area contributed by atoms with Crippen LogP contribution in [0.15, 0.2) is 12.3 Å².